The molecule has 0 amide bonds. The van der Waals surface area contributed by atoms with Gasteiger partial charge in [-0.3, -0.25) is 4.79 Å². The van der Waals surface area contributed by atoms with Crippen LogP contribution in [0.4, 0.5) is 0 Å². The van der Waals surface area contributed by atoms with Crippen molar-refractivity contribution in [2.24, 2.45) is 0 Å². The largest absolute Gasteiger partial charge is 0.491 e. The number of carbonyl (C=O) groups is 1. The van der Waals surface area contributed by atoms with E-state index in [1.54, 1.807) is 37.3 Å². The van der Waals surface area contributed by atoms with Crippen LogP contribution in [-0.4, -0.2) is 37.0 Å². The van der Waals surface area contributed by atoms with Crippen molar-refractivity contribution >= 4 is 16.9 Å². The first-order chi connectivity index (χ1) is 14.5. The molecule has 0 aliphatic heterocycles. The lowest BCUT2D eigenvalue weighted by atomic mass is 10.2. The highest BCUT2D eigenvalue weighted by Crippen LogP contribution is 2.20. The third-order valence-electron chi connectivity index (χ3n) is 4.05. The second-order valence-electron chi connectivity index (χ2n) is 6.27. The SMILES string of the molecule is CCOC(=O)c1cc(=O)c2ccc(OCC(O)COc3ccc(C#N)cc3)cc2o1. The Labute approximate surface area is 171 Å². The van der Waals surface area contributed by atoms with Crippen molar-refractivity contribution in [1.29, 1.82) is 5.26 Å². The third kappa shape index (κ3) is 5.16. The Hall–Kier alpha value is -3.83. The number of rotatable bonds is 8. The van der Waals surface area contributed by atoms with Crippen molar-refractivity contribution < 1.29 is 28.5 Å². The lowest BCUT2D eigenvalue weighted by Crippen LogP contribution is -2.25. The van der Waals surface area contributed by atoms with Crippen molar-refractivity contribution in [1.82, 2.24) is 0 Å². The monoisotopic (exact) mass is 409 g/mol. The number of hydrogen-bond acceptors (Lipinski definition) is 8. The van der Waals surface area contributed by atoms with Crippen molar-refractivity contribution in [2.75, 3.05) is 19.8 Å². The number of carbonyl (C=O) groups excluding carboxylic acids is 1. The predicted molar refractivity (Wildman–Crippen MR) is 107 cm³/mol. The average Bonchev–Trinajstić information content (AvgIpc) is 2.76. The summed E-state index contributed by atoms with van der Waals surface area (Å²) in [6, 6.07) is 14.2. The fourth-order valence-electron chi connectivity index (χ4n) is 2.59. The molecule has 154 valence electrons. The number of esters is 1. The minimum Gasteiger partial charge on any atom is -0.491 e. The molecule has 1 unspecified atom stereocenters. The highest BCUT2D eigenvalue weighted by molar-refractivity contribution is 5.89. The summed E-state index contributed by atoms with van der Waals surface area (Å²) in [4.78, 5) is 24.0. The highest BCUT2D eigenvalue weighted by atomic mass is 16.5. The van der Waals surface area contributed by atoms with E-state index in [4.69, 9.17) is 23.9 Å². The maximum atomic E-state index is 12.2. The molecule has 1 atom stereocenters. The number of aliphatic hydroxyl groups excluding tert-OH is 1. The van der Waals surface area contributed by atoms with Gasteiger partial charge in [-0.05, 0) is 43.3 Å². The van der Waals surface area contributed by atoms with Crippen LogP contribution < -0.4 is 14.9 Å². The number of nitrogens with zero attached hydrogens (tertiary/aromatic N) is 1. The van der Waals surface area contributed by atoms with E-state index in [9.17, 15) is 14.7 Å². The molecule has 0 saturated carbocycles. The maximum absolute atomic E-state index is 12.2. The molecular weight excluding hydrogens is 390 g/mol. The topological polar surface area (TPSA) is 119 Å². The lowest BCUT2D eigenvalue weighted by molar-refractivity contribution is 0.0490. The second kappa shape index (κ2) is 9.58. The first kappa shape index (κ1) is 20.9. The third-order valence-corrected chi connectivity index (χ3v) is 4.05. The van der Waals surface area contributed by atoms with Gasteiger partial charge in [-0.1, -0.05) is 0 Å². The van der Waals surface area contributed by atoms with Gasteiger partial charge < -0.3 is 23.7 Å². The zero-order valence-corrected chi connectivity index (χ0v) is 16.2. The number of hydrogen-bond donors (Lipinski definition) is 1. The molecule has 8 nitrogen and oxygen atoms in total. The van der Waals surface area contributed by atoms with E-state index in [0.717, 1.165) is 6.07 Å². The number of ether oxygens (including phenoxy) is 3. The molecule has 1 heterocycles. The van der Waals surface area contributed by atoms with E-state index in [0.29, 0.717) is 22.4 Å². The number of nitriles is 1. The number of benzene rings is 2. The van der Waals surface area contributed by atoms with E-state index < -0.39 is 12.1 Å². The molecule has 3 rings (SSSR count). The van der Waals surface area contributed by atoms with Gasteiger partial charge in [0.1, 0.15) is 36.4 Å². The highest BCUT2D eigenvalue weighted by Gasteiger charge is 2.14. The molecule has 3 aromatic rings. The van der Waals surface area contributed by atoms with Gasteiger partial charge in [0.25, 0.3) is 0 Å². The molecule has 0 radical (unpaired) electrons. The summed E-state index contributed by atoms with van der Waals surface area (Å²) in [7, 11) is 0. The van der Waals surface area contributed by atoms with Gasteiger partial charge in [0, 0.05) is 12.1 Å². The van der Waals surface area contributed by atoms with Gasteiger partial charge in [-0.25, -0.2) is 4.79 Å². The van der Waals surface area contributed by atoms with Crippen LogP contribution in [0.5, 0.6) is 11.5 Å². The van der Waals surface area contributed by atoms with Crippen LogP contribution in [0.2, 0.25) is 0 Å². The van der Waals surface area contributed by atoms with Gasteiger partial charge in [-0.15, -0.1) is 0 Å². The molecule has 0 bridgehead atoms. The van der Waals surface area contributed by atoms with Gasteiger partial charge in [0.15, 0.2) is 5.43 Å². The standard InChI is InChI=1S/C22H19NO7/c1-2-27-22(26)21-10-19(25)18-8-7-17(9-20(18)30-21)29-13-15(24)12-28-16-5-3-14(11-23)4-6-16/h3-10,15,24H,2,12-13H2,1H3. The molecule has 8 heteroatoms. The first-order valence-electron chi connectivity index (χ1n) is 9.19. The summed E-state index contributed by atoms with van der Waals surface area (Å²) in [5.41, 5.74) is 0.313. The lowest BCUT2D eigenvalue weighted by Gasteiger charge is -2.14. The van der Waals surface area contributed by atoms with Crippen molar-refractivity contribution in [3.63, 3.8) is 0 Å². The quantitative estimate of drug-likeness (QED) is 0.564. The van der Waals surface area contributed by atoms with Gasteiger partial charge in [-0.2, -0.15) is 5.26 Å². The minimum absolute atomic E-state index is 0.0123. The number of aliphatic hydroxyl groups is 1. The fraction of sp³-hybridized carbons (Fsp3) is 0.227. The molecule has 0 aliphatic rings. The van der Waals surface area contributed by atoms with Gasteiger partial charge in [0.2, 0.25) is 5.76 Å². The Balaban J connectivity index is 1.62. The predicted octanol–water partition coefficient (Wildman–Crippen LogP) is 2.66. The van der Waals surface area contributed by atoms with Crippen LogP contribution in [0.15, 0.2) is 57.7 Å². The van der Waals surface area contributed by atoms with Crippen LogP contribution in [0.3, 0.4) is 0 Å². The molecule has 1 N–H and O–H groups in total. The molecule has 0 fully saturated rings. The second-order valence-corrected chi connectivity index (χ2v) is 6.27. The molecule has 30 heavy (non-hydrogen) atoms. The van der Waals surface area contributed by atoms with E-state index >= 15 is 0 Å². The summed E-state index contributed by atoms with van der Waals surface area (Å²) in [5.74, 6) is -0.0448. The normalized spacial score (nSPS) is 11.5. The van der Waals surface area contributed by atoms with Crippen LogP contribution >= 0.6 is 0 Å². The van der Waals surface area contributed by atoms with Crippen LogP contribution in [0, 0.1) is 11.3 Å². The Morgan fingerprint density at radius 1 is 1.10 bits per heavy atom. The van der Waals surface area contributed by atoms with Crippen LogP contribution in [0.25, 0.3) is 11.0 Å². The fourth-order valence-corrected chi connectivity index (χ4v) is 2.59. The van der Waals surface area contributed by atoms with E-state index in [-0.39, 0.29) is 36.6 Å². The Bertz CT molecular complexity index is 1130. The molecule has 2 aromatic carbocycles. The minimum atomic E-state index is -0.922. The molecule has 0 aliphatic carbocycles. The van der Waals surface area contributed by atoms with Gasteiger partial charge in [0.05, 0.1) is 23.6 Å². The molecule has 1 aromatic heterocycles. The number of fused-ring (bicyclic) bond motifs is 1. The zero-order valence-electron chi connectivity index (χ0n) is 16.2. The van der Waals surface area contributed by atoms with Crippen molar-refractivity contribution in [2.45, 2.75) is 13.0 Å². The molecule has 0 saturated heterocycles. The van der Waals surface area contributed by atoms with E-state index in [1.165, 1.54) is 12.1 Å². The molecular formula is C22H19NO7. The van der Waals surface area contributed by atoms with Crippen molar-refractivity contribution in [3.05, 3.63) is 70.1 Å². The Kier molecular flexibility index (Phi) is 6.67. The zero-order chi connectivity index (χ0) is 21.5. The summed E-state index contributed by atoms with van der Waals surface area (Å²) >= 11 is 0. The summed E-state index contributed by atoms with van der Waals surface area (Å²) in [5, 5.41) is 19.1. The van der Waals surface area contributed by atoms with Crippen molar-refractivity contribution in [3.8, 4) is 17.6 Å². The van der Waals surface area contributed by atoms with Gasteiger partial charge >= 0.3 is 5.97 Å². The van der Waals surface area contributed by atoms with E-state index in [2.05, 4.69) is 0 Å². The maximum Gasteiger partial charge on any atom is 0.374 e. The van der Waals surface area contributed by atoms with Crippen LogP contribution in [-0.2, 0) is 4.74 Å². The Morgan fingerprint density at radius 2 is 1.77 bits per heavy atom. The van der Waals surface area contributed by atoms with E-state index in [1.807, 2.05) is 6.07 Å². The first-order valence-corrected chi connectivity index (χ1v) is 9.19. The summed E-state index contributed by atoms with van der Waals surface area (Å²) in [6.07, 6.45) is -0.922. The summed E-state index contributed by atoms with van der Waals surface area (Å²) in [6.45, 7) is 1.73. The Morgan fingerprint density at radius 3 is 2.43 bits per heavy atom. The van der Waals surface area contributed by atoms with Crippen LogP contribution in [0.1, 0.15) is 23.0 Å². The molecule has 0 spiro atoms. The smallest absolute Gasteiger partial charge is 0.374 e. The average molecular weight is 409 g/mol. The summed E-state index contributed by atoms with van der Waals surface area (Å²) < 4.78 is 21.3.